The molecule has 2 aromatic heterocycles. The monoisotopic (exact) mass is 166 g/mol. The van der Waals surface area contributed by atoms with Crippen molar-refractivity contribution in [3.63, 3.8) is 0 Å². The van der Waals surface area contributed by atoms with Gasteiger partial charge in [-0.05, 0) is 6.92 Å². The number of anilines is 2. The van der Waals surface area contributed by atoms with E-state index >= 15 is 0 Å². The number of nitrogen functional groups attached to an aromatic ring is 2. The molecule has 64 valence electrons. The molecule has 0 fully saturated rings. The minimum absolute atomic E-state index is 0.370. The van der Waals surface area contributed by atoms with E-state index in [1.165, 1.54) is 0 Å². The van der Waals surface area contributed by atoms with Crippen molar-refractivity contribution >= 4 is 23.1 Å². The molecule has 0 saturated carbocycles. The fourth-order valence-corrected chi connectivity index (χ4v) is 1.28. The number of rotatable bonds is 1. The lowest BCUT2D eigenvalue weighted by Gasteiger charge is -1.97. The number of hydrogen-bond acceptors (Lipinski definition) is 4. The molecule has 0 amide bonds. The van der Waals surface area contributed by atoms with Gasteiger partial charge in [0.2, 0.25) is 11.7 Å². The van der Waals surface area contributed by atoms with Crippen molar-refractivity contribution in [2.75, 3.05) is 11.5 Å². The fourth-order valence-electron chi connectivity index (χ4n) is 1.28. The molecule has 0 spiro atoms. The van der Waals surface area contributed by atoms with E-state index in [1.54, 1.807) is 6.07 Å². The van der Waals surface area contributed by atoms with Gasteiger partial charge in [0, 0.05) is 12.6 Å². The third-order valence-electron chi connectivity index (χ3n) is 1.81. The Morgan fingerprint density at radius 3 is 3.00 bits per heavy atom. The molecular formula is C7H10N4O. The Hall–Kier alpha value is -1.65. The fraction of sp³-hybridized carbons (Fsp3) is 0.286. The molecule has 12 heavy (non-hydrogen) atoms. The third-order valence-corrected chi connectivity index (χ3v) is 1.81. The van der Waals surface area contributed by atoms with Gasteiger partial charge < -0.3 is 20.5 Å². The Kier molecular flexibility index (Phi) is 1.27. The summed E-state index contributed by atoms with van der Waals surface area (Å²) < 4.78 is 6.94. The summed E-state index contributed by atoms with van der Waals surface area (Å²) in [6, 6.07) is 1.72. The first-order valence-corrected chi connectivity index (χ1v) is 3.73. The molecule has 2 heterocycles. The van der Waals surface area contributed by atoms with Crippen molar-refractivity contribution in [3.05, 3.63) is 6.07 Å². The van der Waals surface area contributed by atoms with Crippen LogP contribution in [0.2, 0.25) is 0 Å². The maximum Gasteiger partial charge on any atom is 0.248 e. The van der Waals surface area contributed by atoms with E-state index < -0.39 is 0 Å². The highest BCUT2D eigenvalue weighted by Crippen LogP contribution is 2.22. The molecule has 0 aliphatic rings. The van der Waals surface area contributed by atoms with Crippen molar-refractivity contribution in [1.82, 2.24) is 9.55 Å². The number of imidazole rings is 1. The molecule has 5 heteroatoms. The van der Waals surface area contributed by atoms with Gasteiger partial charge in [-0.25, -0.2) is 0 Å². The predicted molar refractivity (Wildman–Crippen MR) is 46.5 cm³/mol. The van der Waals surface area contributed by atoms with Crippen LogP contribution in [-0.4, -0.2) is 9.55 Å². The summed E-state index contributed by atoms with van der Waals surface area (Å²) in [4.78, 5) is 4.00. The average molecular weight is 166 g/mol. The summed E-state index contributed by atoms with van der Waals surface area (Å²) in [5.74, 6) is 0.834. The second kappa shape index (κ2) is 2.17. The van der Waals surface area contributed by atoms with E-state index in [4.69, 9.17) is 15.9 Å². The number of nitrogens with two attached hydrogens (primary N) is 2. The minimum atomic E-state index is 0.370. The predicted octanol–water partition coefficient (Wildman–Crippen LogP) is 0.814. The van der Waals surface area contributed by atoms with Gasteiger partial charge in [-0.15, -0.1) is 0 Å². The summed E-state index contributed by atoms with van der Waals surface area (Å²) in [6.07, 6.45) is 0. The van der Waals surface area contributed by atoms with Gasteiger partial charge in [0.25, 0.3) is 0 Å². The van der Waals surface area contributed by atoms with Gasteiger partial charge in [-0.3, -0.25) is 0 Å². The lowest BCUT2D eigenvalue weighted by molar-refractivity contribution is 0.626. The summed E-state index contributed by atoms with van der Waals surface area (Å²) >= 11 is 0. The Morgan fingerprint density at radius 1 is 1.58 bits per heavy atom. The molecule has 0 atom stereocenters. The zero-order valence-corrected chi connectivity index (χ0v) is 6.74. The number of hydrogen-bond donors (Lipinski definition) is 2. The van der Waals surface area contributed by atoms with Crippen LogP contribution in [0.1, 0.15) is 6.92 Å². The molecule has 0 unspecified atom stereocenters. The molecule has 0 saturated heterocycles. The van der Waals surface area contributed by atoms with Crippen molar-refractivity contribution in [3.8, 4) is 0 Å². The molecule has 0 aliphatic carbocycles. The zero-order valence-electron chi connectivity index (χ0n) is 6.74. The Bertz CT molecular complexity index is 414. The largest absolute Gasteiger partial charge is 0.421 e. The van der Waals surface area contributed by atoms with Gasteiger partial charge in [0.05, 0.1) is 0 Å². The normalized spacial score (nSPS) is 11.1. The summed E-state index contributed by atoms with van der Waals surface area (Å²) in [7, 11) is 0. The van der Waals surface area contributed by atoms with Crippen LogP contribution in [0.15, 0.2) is 10.5 Å². The van der Waals surface area contributed by atoms with Crippen LogP contribution in [0.3, 0.4) is 0 Å². The van der Waals surface area contributed by atoms with Crippen LogP contribution < -0.4 is 11.5 Å². The summed E-state index contributed by atoms with van der Waals surface area (Å²) in [5.41, 5.74) is 12.4. The minimum Gasteiger partial charge on any atom is -0.421 e. The van der Waals surface area contributed by atoms with Crippen LogP contribution >= 0.6 is 0 Å². The highest BCUT2D eigenvalue weighted by atomic mass is 16.4. The van der Waals surface area contributed by atoms with Crippen LogP contribution in [0.4, 0.5) is 11.8 Å². The maximum atomic E-state index is 5.61. The van der Waals surface area contributed by atoms with Crippen LogP contribution in [0.25, 0.3) is 11.2 Å². The van der Waals surface area contributed by atoms with Gasteiger partial charge in [0.15, 0.2) is 5.88 Å². The van der Waals surface area contributed by atoms with E-state index in [2.05, 4.69) is 4.98 Å². The van der Waals surface area contributed by atoms with Gasteiger partial charge in [-0.1, -0.05) is 0 Å². The van der Waals surface area contributed by atoms with E-state index in [-0.39, 0.29) is 0 Å². The van der Waals surface area contributed by atoms with E-state index in [0.29, 0.717) is 17.5 Å². The SMILES string of the molecule is CCn1c(N)nc2oc(N)cc21. The highest BCUT2D eigenvalue weighted by Gasteiger charge is 2.10. The van der Waals surface area contributed by atoms with Gasteiger partial charge in [-0.2, -0.15) is 4.98 Å². The number of aryl methyl sites for hydroxylation is 1. The van der Waals surface area contributed by atoms with E-state index in [1.807, 2.05) is 11.5 Å². The van der Waals surface area contributed by atoms with E-state index in [0.717, 1.165) is 12.1 Å². The first kappa shape index (κ1) is 7.02. The van der Waals surface area contributed by atoms with Crippen molar-refractivity contribution in [1.29, 1.82) is 0 Å². The summed E-state index contributed by atoms with van der Waals surface area (Å²) in [5, 5.41) is 0. The second-order valence-electron chi connectivity index (χ2n) is 2.55. The lowest BCUT2D eigenvalue weighted by Crippen LogP contribution is -2.00. The first-order chi connectivity index (χ1) is 5.72. The molecule has 0 radical (unpaired) electrons. The smallest absolute Gasteiger partial charge is 0.248 e. The van der Waals surface area contributed by atoms with E-state index in [9.17, 15) is 0 Å². The summed E-state index contributed by atoms with van der Waals surface area (Å²) in [6.45, 7) is 2.75. The standard InChI is InChI=1S/C7H10N4O/c1-2-11-4-3-5(8)12-6(4)10-7(11)9/h3H,2,8H2,1H3,(H2,9,10). The maximum absolute atomic E-state index is 5.61. The van der Waals surface area contributed by atoms with Crippen LogP contribution in [0, 0.1) is 0 Å². The molecule has 2 aromatic rings. The molecule has 0 aromatic carbocycles. The number of aromatic nitrogens is 2. The topological polar surface area (TPSA) is 83.0 Å². The average Bonchev–Trinajstić information content (AvgIpc) is 2.43. The Morgan fingerprint density at radius 2 is 2.33 bits per heavy atom. The molecule has 0 aliphatic heterocycles. The lowest BCUT2D eigenvalue weighted by atomic mass is 10.5. The molecule has 4 N–H and O–H groups in total. The Labute approximate surface area is 69.0 Å². The number of fused-ring (bicyclic) bond motifs is 1. The van der Waals surface area contributed by atoms with Crippen LogP contribution in [-0.2, 0) is 6.54 Å². The van der Waals surface area contributed by atoms with Crippen molar-refractivity contribution in [2.45, 2.75) is 13.5 Å². The highest BCUT2D eigenvalue weighted by molar-refractivity contribution is 5.76. The Balaban J connectivity index is 2.78. The second-order valence-corrected chi connectivity index (χ2v) is 2.55. The molecule has 0 bridgehead atoms. The van der Waals surface area contributed by atoms with Gasteiger partial charge >= 0.3 is 0 Å². The molecule has 2 rings (SSSR count). The van der Waals surface area contributed by atoms with Crippen molar-refractivity contribution in [2.24, 2.45) is 0 Å². The third kappa shape index (κ3) is 0.761. The quantitative estimate of drug-likeness (QED) is 0.656. The van der Waals surface area contributed by atoms with Gasteiger partial charge in [0.1, 0.15) is 5.52 Å². The molecule has 5 nitrogen and oxygen atoms in total. The van der Waals surface area contributed by atoms with Crippen molar-refractivity contribution < 1.29 is 4.42 Å². The van der Waals surface area contributed by atoms with Crippen LogP contribution in [0.5, 0.6) is 0 Å². The zero-order chi connectivity index (χ0) is 8.72. The number of furan rings is 1. The first-order valence-electron chi connectivity index (χ1n) is 3.73. The number of nitrogens with zero attached hydrogens (tertiary/aromatic N) is 2. The molecular weight excluding hydrogens is 156 g/mol.